The average Bonchev–Trinajstić information content (AvgIpc) is 2.32. The van der Waals surface area contributed by atoms with Crippen molar-refractivity contribution < 1.29 is 15.0 Å². The molecule has 0 saturated carbocycles. The fraction of sp³-hybridized carbons (Fsp3) is 0.500. The van der Waals surface area contributed by atoms with Gasteiger partial charge in [-0.1, -0.05) is 55.1 Å². The first-order valence-electron chi connectivity index (χ1n) is 6.22. The Morgan fingerprint density at radius 3 is 2.58 bits per heavy atom. The van der Waals surface area contributed by atoms with E-state index in [-0.39, 0.29) is 5.02 Å². The number of aliphatic hydroxyl groups is 1. The summed E-state index contributed by atoms with van der Waals surface area (Å²) in [7, 11) is 0. The monoisotopic (exact) mass is 304 g/mol. The zero-order chi connectivity index (χ0) is 14.6. The highest BCUT2D eigenvalue weighted by atomic mass is 35.5. The quantitative estimate of drug-likeness (QED) is 0.832. The molecule has 0 saturated heterocycles. The van der Waals surface area contributed by atoms with Gasteiger partial charge in [-0.05, 0) is 19.4 Å². The van der Waals surface area contributed by atoms with Gasteiger partial charge in [0.15, 0.2) is 0 Å². The van der Waals surface area contributed by atoms with E-state index in [0.29, 0.717) is 17.0 Å². The van der Waals surface area contributed by atoms with Crippen molar-refractivity contribution in [2.45, 2.75) is 38.7 Å². The first-order valence-corrected chi connectivity index (χ1v) is 6.97. The van der Waals surface area contributed by atoms with Crippen LogP contribution in [0, 0.1) is 5.92 Å². The Kier molecular flexibility index (Phi) is 5.65. The van der Waals surface area contributed by atoms with Crippen molar-refractivity contribution >= 4 is 29.2 Å². The first kappa shape index (κ1) is 16.3. The summed E-state index contributed by atoms with van der Waals surface area (Å²) in [5, 5.41) is 20.5. The van der Waals surface area contributed by atoms with Crippen molar-refractivity contribution in [1.29, 1.82) is 0 Å². The van der Waals surface area contributed by atoms with Crippen LogP contribution in [0.4, 0.5) is 0 Å². The third kappa shape index (κ3) is 3.62. The summed E-state index contributed by atoms with van der Waals surface area (Å²) in [5.41, 5.74) is -1.20. The molecule has 1 aromatic rings. The van der Waals surface area contributed by atoms with Gasteiger partial charge in [0, 0.05) is 5.56 Å². The van der Waals surface area contributed by atoms with E-state index < -0.39 is 17.5 Å². The molecule has 0 heterocycles. The average molecular weight is 305 g/mol. The number of carbonyl (C=O) groups is 1. The predicted octanol–water partition coefficient (Wildman–Crippen LogP) is 4.09. The zero-order valence-electron chi connectivity index (χ0n) is 11.0. The number of hydrogen-bond donors (Lipinski definition) is 2. The number of unbranched alkanes of at least 4 members (excludes halogenated alkanes) is 1. The summed E-state index contributed by atoms with van der Waals surface area (Å²) in [4.78, 5) is 11.4. The lowest BCUT2D eigenvalue weighted by Gasteiger charge is -2.31. The molecular weight excluding hydrogens is 287 g/mol. The van der Waals surface area contributed by atoms with Crippen LogP contribution in [0.15, 0.2) is 18.2 Å². The number of benzene rings is 1. The van der Waals surface area contributed by atoms with Crippen molar-refractivity contribution in [1.82, 2.24) is 0 Å². The van der Waals surface area contributed by atoms with Gasteiger partial charge in [-0.2, -0.15) is 0 Å². The standard InChI is InChI=1S/C14H18Cl2O3/c1-3-4-6-10(13(17)18)14(2,19)9-7-5-8-11(15)12(9)16/h5,7-8,10,19H,3-4,6H2,1-2H3,(H,17,18). The minimum absolute atomic E-state index is 0.205. The smallest absolute Gasteiger partial charge is 0.309 e. The van der Waals surface area contributed by atoms with E-state index in [2.05, 4.69) is 0 Å². The third-order valence-corrected chi connectivity index (χ3v) is 4.14. The molecule has 106 valence electrons. The maximum absolute atomic E-state index is 11.4. The van der Waals surface area contributed by atoms with Gasteiger partial charge < -0.3 is 10.2 Å². The van der Waals surface area contributed by atoms with Gasteiger partial charge >= 0.3 is 5.97 Å². The summed E-state index contributed by atoms with van der Waals surface area (Å²) >= 11 is 12.0. The predicted molar refractivity (Wildman–Crippen MR) is 76.7 cm³/mol. The summed E-state index contributed by atoms with van der Waals surface area (Å²) in [5.74, 6) is -1.95. The van der Waals surface area contributed by atoms with E-state index in [1.165, 1.54) is 6.92 Å². The highest BCUT2D eigenvalue weighted by molar-refractivity contribution is 6.42. The zero-order valence-corrected chi connectivity index (χ0v) is 12.5. The van der Waals surface area contributed by atoms with E-state index in [0.717, 1.165) is 12.8 Å². The van der Waals surface area contributed by atoms with E-state index in [1.54, 1.807) is 18.2 Å². The van der Waals surface area contributed by atoms with Gasteiger partial charge in [0.25, 0.3) is 0 Å². The fourth-order valence-electron chi connectivity index (χ4n) is 2.14. The molecule has 2 N–H and O–H groups in total. The molecule has 0 fully saturated rings. The van der Waals surface area contributed by atoms with Gasteiger partial charge in [-0.15, -0.1) is 0 Å². The fourth-order valence-corrected chi connectivity index (χ4v) is 2.63. The van der Waals surface area contributed by atoms with E-state index in [1.807, 2.05) is 6.92 Å². The van der Waals surface area contributed by atoms with Gasteiger partial charge in [0.1, 0.15) is 5.60 Å². The largest absolute Gasteiger partial charge is 0.481 e. The molecule has 0 aliphatic carbocycles. The Morgan fingerprint density at radius 2 is 2.05 bits per heavy atom. The second-order valence-electron chi connectivity index (χ2n) is 4.78. The van der Waals surface area contributed by atoms with Crippen LogP contribution >= 0.6 is 23.2 Å². The molecule has 1 rings (SSSR count). The van der Waals surface area contributed by atoms with Crippen LogP contribution in [0.1, 0.15) is 38.7 Å². The molecule has 0 spiro atoms. The lowest BCUT2D eigenvalue weighted by molar-refractivity contribution is -0.152. The summed E-state index contributed by atoms with van der Waals surface area (Å²) < 4.78 is 0. The lowest BCUT2D eigenvalue weighted by atomic mass is 9.80. The van der Waals surface area contributed by atoms with Gasteiger partial charge in [0.05, 0.1) is 16.0 Å². The van der Waals surface area contributed by atoms with Crippen molar-refractivity contribution in [3.63, 3.8) is 0 Å². The Balaban J connectivity index is 3.18. The van der Waals surface area contributed by atoms with Crippen LogP contribution < -0.4 is 0 Å². The molecule has 3 nitrogen and oxygen atoms in total. The summed E-state index contributed by atoms with van der Waals surface area (Å²) in [6, 6.07) is 4.86. The topological polar surface area (TPSA) is 57.5 Å². The number of hydrogen-bond acceptors (Lipinski definition) is 2. The van der Waals surface area contributed by atoms with E-state index in [9.17, 15) is 15.0 Å². The first-order chi connectivity index (χ1) is 8.82. The molecule has 0 aliphatic rings. The van der Waals surface area contributed by atoms with Gasteiger partial charge in [0.2, 0.25) is 0 Å². The van der Waals surface area contributed by atoms with Crippen molar-refractivity contribution in [2.24, 2.45) is 5.92 Å². The van der Waals surface area contributed by atoms with Gasteiger partial charge in [-0.3, -0.25) is 4.79 Å². The molecule has 2 unspecified atom stereocenters. The Morgan fingerprint density at radius 1 is 1.42 bits per heavy atom. The van der Waals surface area contributed by atoms with Crippen LogP contribution in [-0.2, 0) is 10.4 Å². The van der Waals surface area contributed by atoms with Gasteiger partial charge in [-0.25, -0.2) is 0 Å². The molecule has 0 amide bonds. The molecular formula is C14H18Cl2O3. The molecule has 5 heteroatoms. The molecule has 1 aromatic carbocycles. The van der Waals surface area contributed by atoms with E-state index in [4.69, 9.17) is 23.2 Å². The molecule has 0 radical (unpaired) electrons. The van der Waals surface area contributed by atoms with Crippen LogP contribution in [0.5, 0.6) is 0 Å². The second-order valence-corrected chi connectivity index (χ2v) is 5.57. The maximum Gasteiger partial charge on any atom is 0.309 e. The molecule has 0 bridgehead atoms. The number of carboxylic acids is 1. The SMILES string of the molecule is CCCCC(C(=O)O)C(C)(O)c1cccc(Cl)c1Cl. The number of halogens is 2. The number of rotatable bonds is 6. The third-order valence-electron chi connectivity index (χ3n) is 3.32. The van der Waals surface area contributed by atoms with E-state index >= 15 is 0 Å². The second kappa shape index (κ2) is 6.60. The highest BCUT2D eigenvalue weighted by Gasteiger charge is 2.40. The number of aliphatic carboxylic acids is 1. The van der Waals surface area contributed by atoms with Crippen LogP contribution in [0.2, 0.25) is 10.0 Å². The lowest BCUT2D eigenvalue weighted by Crippen LogP contribution is -2.37. The van der Waals surface area contributed by atoms with Crippen molar-refractivity contribution in [3.8, 4) is 0 Å². The Bertz CT molecular complexity index is 458. The summed E-state index contributed by atoms with van der Waals surface area (Å²) in [6.07, 6.45) is 1.98. The molecule has 19 heavy (non-hydrogen) atoms. The summed E-state index contributed by atoms with van der Waals surface area (Å²) in [6.45, 7) is 3.44. The highest BCUT2D eigenvalue weighted by Crippen LogP contribution is 2.39. The Labute approximate surface area is 123 Å². The maximum atomic E-state index is 11.4. The number of carboxylic acid groups (broad SMARTS) is 1. The van der Waals surface area contributed by atoms with Crippen LogP contribution in [0.3, 0.4) is 0 Å². The van der Waals surface area contributed by atoms with Crippen molar-refractivity contribution in [3.05, 3.63) is 33.8 Å². The molecule has 2 atom stereocenters. The molecule has 0 aliphatic heterocycles. The van der Waals surface area contributed by atoms with Crippen LogP contribution in [-0.4, -0.2) is 16.2 Å². The van der Waals surface area contributed by atoms with Crippen molar-refractivity contribution in [2.75, 3.05) is 0 Å². The Hall–Kier alpha value is -0.770. The normalized spacial score (nSPS) is 15.8. The molecule has 0 aromatic heterocycles. The van der Waals surface area contributed by atoms with Crippen LogP contribution in [0.25, 0.3) is 0 Å². The minimum atomic E-state index is -1.55. The minimum Gasteiger partial charge on any atom is -0.481 e.